The van der Waals surface area contributed by atoms with Gasteiger partial charge in [0.25, 0.3) is 0 Å². The summed E-state index contributed by atoms with van der Waals surface area (Å²) in [6.45, 7) is 6.61. The van der Waals surface area contributed by atoms with E-state index < -0.39 is 6.10 Å². The van der Waals surface area contributed by atoms with E-state index in [-0.39, 0.29) is 12.0 Å². The molecule has 0 spiro atoms. The van der Waals surface area contributed by atoms with Crippen molar-refractivity contribution in [2.45, 2.75) is 20.0 Å². The van der Waals surface area contributed by atoms with E-state index in [1.165, 1.54) is 11.8 Å². The molecule has 1 N–H and O–H groups in total. The lowest BCUT2D eigenvalue weighted by Gasteiger charge is -2.28. The summed E-state index contributed by atoms with van der Waals surface area (Å²) in [4.78, 5) is 14.3. The lowest BCUT2D eigenvalue weighted by Crippen LogP contribution is -2.39. The number of aliphatic hydroxyl groups excluding tert-OH is 1. The van der Waals surface area contributed by atoms with Gasteiger partial charge in [-0.2, -0.15) is 0 Å². The molecule has 1 aliphatic rings. The number of aryl methyl sites for hydroxylation is 1. The predicted octanol–water partition coefficient (Wildman–Crippen LogP) is 2.50. The van der Waals surface area contributed by atoms with E-state index in [1.807, 2.05) is 0 Å². The molecule has 1 fully saturated rings. The van der Waals surface area contributed by atoms with Crippen molar-refractivity contribution >= 4 is 39.3 Å². The quantitative estimate of drug-likeness (QED) is 0.756. The molecule has 27 heavy (non-hydrogen) atoms. The van der Waals surface area contributed by atoms with Gasteiger partial charge in [-0.3, -0.25) is 4.79 Å². The number of rotatable bonds is 5. The number of hydrogen-bond donors (Lipinski definition) is 1. The van der Waals surface area contributed by atoms with E-state index in [0.29, 0.717) is 47.0 Å². The largest absolute Gasteiger partial charge is 0.491 e. The summed E-state index contributed by atoms with van der Waals surface area (Å²) < 4.78 is 17.4. The first kappa shape index (κ1) is 20.1. The molecular formula is C19H23NO5S2. The van der Waals surface area contributed by atoms with Crippen molar-refractivity contribution in [2.75, 3.05) is 38.7 Å². The van der Waals surface area contributed by atoms with Crippen LogP contribution in [0.3, 0.4) is 0 Å². The van der Waals surface area contributed by atoms with E-state index in [4.69, 9.17) is 26.1 Å². The Morgan fingerprint density at radius 1 is 1.37 bits per heavy atom. The van der Waals surface area contributed by atoms with Gasteiger partial charge in [0.05, 0.1) is 24.7 Å². The topological polar surface area (TPSA) is 72.1 Å². The summed E-state index contributed by atoms with van der Waals surface area (Å²) in [6, 6.07) is 5.09. The van der Waals surface area contributed by atoms with Gasteiger partial charge in [0.2, 0.25) is 0 Å². The van der Waals surface area contributed by atoms with E-state index in [9.17, 15) is 9.90 Å². The van der Waals surface area contributed by atoms with Crippen molar-refractivity contribution in [3.05, 3.63) is 39.7 Å². The Morgan fingerprint density at radius 3 is 2.85 bits per heavy atom. The lowest BCUT2D eigenvalue weighted by molar-refractivity contribution is 0.0702. The minimum absolute atomic E-state index is 0.0339. The van der Waals surface area contributed by atoms with E-state index in [0.717, 1.165) is 17.4 Å². The molecule has 3 rings (SSSR count). The van der Waals surface area contributed by atoms with Crippen molar-refractivity contribution in [1.29, 1.82) is 0 Å². The average Bonchev–Trinajstić information content (AvgIpc) is 2.69. The Labute approximate surface area is 167 Å². The fraction of sp³-hybridized carbons (Fsp3) is 0.474. The molecule has 6 nitrogen and oxygen atoms in total. The van der Waals surface area contributed by atoms with Crippen LogP contribution in [0.2, 0.25) is 0 Å². The van der Waals surface area contributed by atoms with Crippen LogP contribution in [0.4, 0.5) is 0 Å². The number of thioether (sulfide) groups is 1. The molecule has 146 valence electrons. The van der Waals surface area contributed by atoms with Crippen LogP contribution in [0.1, 0.15) is 11.3 Å². The van der Waals surface area contributed by atoms with Crippen molar-refractivity contribution in [3.63, 3.8) is 0 Å². The molecule has 1 atom stereocenters. The SMILES string of the molecule is Cc1oc2cc(OCC(O)CSC(=S)N3CCOCC3)ccc2c(=O)c1C. The normalized spacial score (nSPS) is 15.7. The number of aliphatic hydroxyl groups is 1. The van der Waals surface area contributed by atoms with Crippen LogP contribution < -0.4 is 10.2 Å². The van der Waals surface area contributed by atoms with E-state index >= 15 is 0 Å². The van der Waals surface area contributed by atoms with Gasteiger partial charge in [-0.15, -0.1) is 0 Å². The van der Waals surface area contributed by atoms with Gasteiger partial charge in [-0.25, -0.2) is 0 Å². The second-order valence-corrected chi connectivity index (χ2v) is 8.07. The molecule has 0 bridgehead atoms. The summed E-state index contributed by atoms with van der Waals surface area (Å²) in [5.74, 6) is 1.60. The fourth-order valence-corrected chi connectivity index (χ4v) is 3.90. The van der Waals surface area contributed by atoms with Crippen LogP contribution in [0.15, 0.2) is 27.4 Å². The maximum atomic E-state index is 12.2. The molecule has 1 aromatic carbocycles. The summed E-state index contributed by atoms with van der Waals surface area (Å²) in [7, 11) is 0. The van der Waals surface area contributed by atoms with Crippen LogP contribution in [-0.4, -0.2) is 59.1 Å². The second kappa shape index (κ2) is 9.05. The molecule has 2 heterocycles. The van der Waals surface area contributed by atoms with Gasteiger partial charge < -0.3 is 23.9 Å². The first-order chi connectivity index (χ1) is 13.0. The third-order valence-electron chi connectivity index (χ3n) is 4.44. The monoisotopic (exact) mass is 409 g/mol. The molecule has 2 aromatic rings. The van der Waals surface area contributed by atoms with Crippen molar-refractivity contribution < 1.29 is 19.0 Å². The number of thiocarbonyl (C=S) groups is 1. The summed E-state index contributed by atoms with van der Waals surface area (Å²) >= 11 is 6.84. The highest BCUT2D eigenvalue weighted by atomic mass is 32.2. The van der Waals surface area contributed by atoms with Crippen molar-refractivity contribution in [2.24, 2.45) is 0 Å². The Hall–Kier alpha value is -1.61. The van der Waals surface area contributed by atoms with E-state index in [2.05, 4.69) is 4.90 Å². The molecule has 0 aliphatic carbocycles. The Kier molecular flexibility index (Phi) is 6.75. The highest BCUT2D eigenvalue weighted by molar-refractivity contribution is 8.22. The average molecular weight is 410 g/mol. The first-order valence-electron chi connectivity index (χ1n) is 8.80. The highest BCUT2D eigenvalue weighted by Crippen LogP contribution is 2.21. The number of ether oxygens (including phenoxy) is 2. The maximum Gasteiger partial charge on any atom is 0.195 e. The summed E-state index contributed by atoms with van der Waals surface area (Å²) in [5.41, 5.74) is 1.06. The second-order valence-electron chi connectivity index (χ2n) is 6.41. The van der Waals surface area contributed by atoms with Crippen LogP contribution >= 0.6 is 24.0 Å². The van der Waals surface area contributed by atoms with Gasteiger partial charge >= 0.3 is 0 Å². The zero-order chi connectivity index (χ0) is 19.4. The first-order valence-corrected chi connectivity index (χ1v) is 10.2. The fourth-order valence-electron chi connectivity index (χ4n) is 2.71. The highest BCUT2D eigenvalue weighted by Gasteiger charge is 2.16. The summed E-state index contributed by atoms with van der Waals surface area (Å²) in [5, 5.41) is 10.7. The number of nitrogens with zero attached hydrogens (tertiary/aromatic N) is 1. The smallest absolute Gasteiger partial charge is 0.195 e. The van der Waals surface area contributed by atoms with Crippen LogP contribution in [0, 0.1) is 13.8 Å². The lowest BCUT2D eigenvalue weighted by atomic mass is 10.1. The molecule has 1 unspecified atom stereocenters. The number of morpholine rings is 1. The molecule has 0 saturated carbocycles. The molecule has 1 aliphatic heterocycles. The molecule has 0 amide bonds. The number of fused-ring (bicyclic) bond motifs is 1. The third-order valence-corrected chi connectivity index (χ3v) is 6.11. The zero-order valence-electron chi connectivity index (χ0n) is 15.4. The molecule has 8 heteroatoms. The van der Waals surface area contributed by atoms with Gasteiger partial charge in [0, 0.05) is 30.5 Å². The molecular weight excluding hydrogens is 386 g/mol. The third kappa shape index (κ3) is 5.01. The zero-order valence-corrected chi connectivity index (χ0v) is 17.0. The van der Waals surface area contributed by atoms with Crippen LogP contribution in [0.5, 0.6) is 5.75 Å². The standard InChI is InChI=1S/C19H23NO5S2/c1-12-13(2)25-17-9-15(3-4-16(17)18(12)22)24-10-14(21)11-27-19(26)20-5-7-23-8-6-20/h3-4,9,14,21H,5-8,10-11H2,1-2H3. The van der Waals surface area contributed by atoms with E-state index in [1.54, 1.807) is 32.0 Å². The van der Waals surface area contributed by atoms with Gasteiger partial charge in [-0.05, 0) is 26.0 Å². The summed E-state index contributed by atoms with van der Waals surface area (Å²) in [6.07, 6.45) is -0.656. The predicted molar refractivity (Wildman–Crippen MR) is 111 cm³/mol. The Balaban J connectivity index is 1.54. The number of benzene rings is 1. The maximum absolute atomic E-state index is 12.2. The molecule has 1 saturated heterocycles. The van der Waals surface area contributed by atoms with Gasteiger partial charge in [0.15, 0.2) is 5.43 Å². The van der Waals surface area contributed by atoms with Crippen LogP contribution in [0.25, 0.3) is 11.0 Å². The molecule has 0 radical (unpaired) electrons. The van der Waals surface area contributed by atoms with Gasteiger partial charge in [-0.1, -0.05) is 24.0 Å². The Morgan fingerprint density at radius 2 is 2.11 bits per heavy atom. The van der Waals surface area contributed by atoms with Gasteiger partial charge in [0.1, 0.15) is 28.0 Å². The van der Waals surface area contributed by atoms with Crippen molar-refractivity contribution in [1.82, 2.24) is 4.90 Å². The minimum Gasteiger partial charge on any atom is -0.491 e. The van der Waals surface area contributed by atoms with Crippen LogP contribution in [-0.2, 0) is 4.74 Å². The Bertz CT molecular complexity index is 876. The molecule has 1 aromatic heterocycles. The minimum atomic E-state index is -0.656. The number of hydrogen-bond acceptors (Lipinski definition) is 7. The van der Waals surface area contributed by atoms with Crippen molar-refractivity contribution in [3.8, 4) is 5.75 Å².